The van der Waals surface area contributed by atoms with Crippen molar-refractivity contribution in [2.24, 2.45) is 0 Å². The molecule has 86 valence electrons. The summed E-state index contributed by atoms with van der Waals surface area (Å²) in [5, 5.41) is 18.7. The molecule has 2 rings (SSSR count). The molecule has 0 saturated carbocycles. The number of hydrogen-bond donors (Lipinski definition) is 2. The number of aliphatic hydroxyl groups is 1. The average molecular weight is 223 g/mol. The van der Waals surface area contributed by atoms with E-state index in [4.69, 9.17) is 9.84 Å². The van der Waals surface area contributed by atoms with Crippen LogP contribution in [0.15, 0.2) is 18.2 Å². The fourth-order valence-corrected chi connectivity index (χ4v) is 1.60. The highest BCUT2D eigenvalue weighted by atomic mass is 16.5. The number of hydrogen-bond acceptors (Lipinski definition) is 4. The zero-order chi connectivity index (χ0) is 11.7. The summed E-state index contributed by atoms with van der Waals surface area (Å²) in [4.78, 5) is 13.3. The van der Waals surface area contributed by atoms with Crippen molar-refractivity contribution in [2.45, 2.75) is 6.10 Å². The average Bonchev–Trinajstić information content (AvgIpc) is 2.25. The number of likely N-dealkylation sites (tertiary alicyclic amines) is 1. The maximum atomic E-state index is 11.9. The molecule has 5 nitrogen and oxygen atoms in total. The van der Waals surface area contributed by atoms with Gasteiger partial charge >= 0.3 is 0 Å². The highest BCUT2D eigenvalue weighted by Crippen LogP contribution is 2.25. The molecule has 2 N–H and O–H groups in total. The second kappa shape index (κ2) is 4.02. The van der Waals surface area contributed by atoms with Crippen molar-refractivity contribution in [3.63, 3.8) is 0 Å². The number of β-amino-alcohol motifs (C(OH)–C–C–N with tert-alkyl or cyclic N) is 1. The Bertz CT molecular complexity index is 412. The first-order valence-corrected chi connectivity index (χ1v) is 4.96. The molecular formula is C11H13NO4. The zero-order valence-corrected chi connectivity index (χ0v) is 8.88. The number of ether oxygens (including phenoxy) is 1. The van der Waals surface area contributed by atoms with E-state index in [9.17, 15) is 9.90 Å². The second-order valence-electron chi connectivity index (χ2n) is 3.75. The third kappa shape index (κ3) is 1.81. The number of benzene rings is 1. The van der Waals surface area contributed by atoms with E-state index in [1.807, 2.05) is 0 Å². The van der Waals surface area contributed by atoms with Crippen molar-refractivity contribution in [2.75, 3.05) is 20.2 Å². The minimum absolute atomic E-state index is 0.0767. The van der Waals surface area contributed by atoms with Crippen LogP contribution in [-0.4, -0.2) is 47.3 Å². The van der Waals surface area contributed by atoms with Crippen molar-refractivity contribution >= 4 is 5.91 Å². The van der Waals surface area contributed by atoms with Gasteiger partial charge in [0, 0.05) is 13.1 Å². The van der Waals surface area contributed by atoms with Crippen molar-refractivity contribution in [3.8, 4) is 11.5 Å². The molecule has 1 heterocycles. The number of phenols is 1. The Morgan fingerprint density at radius 1 is 1.50 bits per heavy atom. The molecule has 1 aromatic rings. The van der Waals surface area contributed by atoms with E-state index in [1.165, 1.54) is 24.1 Å². The number of carbonyl (C=O) groups is 1. The van der Waals surface area contributed by atoms with Gasteiger partial charge in [0.2, 0.25) is 0 Å². The van der Waals surface area contributed by atoms with E-state index in [1.54, 1.807) is 6.07 Å². The molecule has 0 aliphatic carbocycles. The van der Waals surface area contributed by atoms with E-state index < -0.39 is 6.10 Å². The predicted octanol–water partition coefficient (Wildman–Crippen LogP) is 0.218. The Morgan fingerprint density at radius 2 is 2.19 bits per heavy atom. The van der Waals surface area contributed by atoms with E-state index in [0.717, 1.165) is 0 Å². The van der Waals surface area contributed by atoms with Crippen LogP contribution in [-0.2, 0) is 0 Å². The summed E-state index contributed by atoms with van der Waals surface area (Å²) >= 11 is 0. The number of rotatable bonds is 2. The summed E-state index contributed by atoms with van der Waals surface area (Å²) in [6.45, 7) is 0.630. The fraction of sp³-hybridized carbons (Fsp3) is 0.364. The van der Waals surface area contributed by atoms with Gasteiger partial charge in [0.05, 0.1) is 18.8 Å². The van der Waals surface area contributed by atoms with Gasteiger partial charge in [-0.15, -0.1) is 0 Å². The van der Waals surface area contributed by atoms with Crippen LogP contribution in [0.1, 0.15) is 10.4 Å². The first kappa shape index (κ1) is 10.8. The summed E-state index contributed by atoms with van der Waals surface area (Å²) in [5.41, 5.74) is 0.200. The molecule has 16 heavy (non-hydrogen) atoms. The van der Waals surface area contributed by atoms with Crippen molar-refractivity contribution in [1.82, 2.24) is 4.90 Å². The van der Waals surface area contributed by atoms with Gasteiger partial charge in [-0.1, -0.05) is 0 Å². The van der Waals surface area contributed by atoms with Crippen LogP contribution in [0, 0.1) is 0 Å². The SMILES string of the molecule is COc1ccc(O)c(C(=O)N2CC(O)C2)c1. The fourth-order valence-electron chi connectivity index (χ4n) is 1.60. The number of nitrogens with zero attached hydrogens (tertiary/aromatic N) is 1. The minimum atomic E-state index is -0.447. The molecule has 0 aromatic heterocycles. The Labute approximate surface area is 92.9 Å². The van der Waals surface area contributed by atoms with Crippen LogP contribution < -0.4 is 4.74 Å². The molecule has 5 heteroatoms. The van der Waals surface area contributed by atoms with Gasteiger partial charge in [-0.3, -0.25) is 4.79 Å². The molecule has 0 atom stereocenters. The molecular weight excluding hydrogens is 210 g/mol. The third-order valence-electron chi connectivity index (χ3n) is 2.58. The number of methoxy groups -OCH3 is 1. The summed E-state index contributed by atoms with van der Waals surface area (Å²) < 4.78 is 4.98. The quantitative estimate of drug-likeness (QED) is 0.752. The van der Waals surface area contributed by atoms with Gasteiger partial charge in [-0.2, -0.15) is 0 Å². The maximum Gasteiger partial charge on any atom is 0.257 e. The van der Waals surface area contributed by atoms with Crippen LogP contribution in [0.3, 0.4) is 0 Å². The Balaban J connectivity index is 2.22. The summed E-state index contributed by atoms with van der Waals surface area (Å²) in [6.07, 6.45) is -0.447. The molecule has 1 amide bonds. The lowest BCUT2D eigenvalue weighted by atomic mass is 10.1. The number of amides is 1. The Kier molecular flexibility index (Phi) is 2.70. The number of aliphatic hydroxyl groups excluding tert-OH is 1. The van der Waals surface area contributed by atoms with Gasteiger partial charge < -0.3 is 19.8 Å². The van der Waals surface area contributed by atoms with Gasteiger partial charge in [0.1, 0.15) is 11.5 Å². The highest BCUT2D eigenvalue weighted by molar-refractivity contribution is 5.97. The molecule has 0 bridgehead atoms. The number of phenolic OH excluding ortho intramolecular Hbond substituents is 1. The zero-order valence-electron chi connectivity index (χ0n) is 8.88. The largest absolute Gasteiger partial charge is 0.507 e. The van der Waals surface area contributed by atoms with Crippen LogP contribution in [0.5, 0.6) is 11.5 Å². The lowest BCUT2D eigenvalue weighted by molar-refractivity contribution is 0.00569. The molecule has 0 radical (unpaired) electrons. The smallest absolute Gasteiger partial charge is 0.257 e. The van der Waals surface area contributed by atoms with Gasteiger partial charge in [-0.25, -0.2) is 0 Å². The molecule has 0 unspecified atom stereocenters. The van der Waals surface area contributed by atoms with Crippen LogP contribution in [0.4, 0.5) is 0 Å². The molecule has 0 spiro atoms. The predicted molar refractivity (Wildman–Crippen MR) is 56.6 cm³/mol. The first-order chi connectivity index (χ1) is 7.61. The Hall–Kier alpha value is -1.75. The maximum absolute atomic E-state index is 11.9. The van der Waals surface area contributed by atoms with E-state index in [0.29, 0.717) is 18.8 Å². The molecule has 1 aromatic carbocycles. The van der Waals surface area contributed by atoms with Crippen molar-refractivity contribution in [3.05, 3.63) is 23.8 Å². The topological polar surface area (TPSA) is 70.0 Å². The molecule has 1 aliphatic rings. The monoisotopic (exact) mass is 223 g/mol. The highest BCUT2D eigenvalue weighted by Gasteiger charge is 2.30. The minimum Gasteiger partial charge on any atom is -0.507 e. The second-order valence-corrected chi connectivity index (χ2v) is 3.75. The lowest BCUT2D eigenvalue weighted by Crippen LogP contribution is -2.53. The normalized spacial score (nSPS) is 15.8. The van der Waals surface area contributed by atoms with Crippen molar-refractivity contribution in [1.29, 1.82) is 0 Å². The molecule has 1 fully saturated rings. The van der Waals surface area contributed by atoms with E-state index in [-0.39, 0.29) is 17.2 Å². The summed E-state index contributed by atoms with van der Waals surface area (Å²) in [5.74, 6) is 0.149. The number of aromatic hydroxyl groups is 1. The van der Waals surface area contributed by atoms with E-state index >= 15 is 0 Å². The van der Waals surface area contributed by atoms with E-state index in [2.05, 4.69) is 0 Å². The lowest BCUT2D eigenvalue weighted by Gasteiger charge is -2.35. The molecule has 1 saturated heterocycles. The first-order valence-electron chi connectivity index (χ1n) is 4.96. The van der Waals surface area contributed by atoms with Gasteiger partial charge in [0.25, 0.3) is 5.91 Å². The van der Waals surface area contributed by atoms with Crippen LogP contribution in [0.2, 0.25) is 0 Å². The molecule has 1 aliphatic heterocycles. The summed E-state index contributed by atoms with van der Waals surface area (Å²) in [7, 11) is 1.49. The number of carbonyl (C=O) groups excluding carboxylic acids is 1. The van der Waals surface area contributed by atoms with Gasteiger partial charge in [-0.05, 0) is 18.2 Å². The van der Waals surface area contributed by atoms with Crippen LogP contribution >= 0.6 is 0 Å². The summed E-state index contributed by atoms with van der Waals surface area (Å²) in [6, 6.07) is 4.49. The third-order valence-corrected chi connectivity index (χ3v) is 2.58. The van der Waals surface area contributed by atoms with Crippen LogP contribution in [0.25, 0.3) is 0 Å². The standard InChI is InChI=1S/C11H13NO4/c1-16-8-2-3-10(14)9(4-8)11(15)12-5-7(13)6-12/h2-4,7,13-14H,5-6H2,1H3. The van der Waals surface area contributed by atoms with Crippen molar-refractivity contribution < 1.29 is 19.7 Å². The Morgan fingerprint density at radius 3 is 2.75 bits per heavy atom. The van der Waals surface area contributed by atoms with Gasteiger partial charge in [0.15, 0.2) is 0 Å².